The largest absolute Gasteiger partial charge is 0.465 e. The van der Waals surface area contributed by atoms with Crippen molar-refractivity contribution in [2.45, 2.75) is 39.3 Å². The number of aromatic nitrogens is 1. The van der Waals surface area contributed by atoms with E-state index in [0.29, 0.717) is 11.6 Å². The minimum atomic E-state index is -0.467. The highest BCUT2D eigenvalue weighted by Gasteiger charge is 2.17. The molecule has 1 heterocycles. The summed E-state index contributed by atoms with van der Waals surface area (Å²) in [5.41, 5.74) is 5.83. The lowest BCUT2D eigenvalue weighted by molar-refractivity contribution is -0.143. The highest BCUT2D eigenvalue weighted by molar-refractivity contribution is 7.09. The second kappa shape index (κ2) is 8.58. The number of hydrogen-bond acceptors (Lipinski definition) is 5. The first kappa shape index (κ1) is 18.4. The summed E-state index contributed by atoms with van der Waals surface area (Å²) < 4.78 is 6.01. The number of hydrogen-bond donors (Lipinski definition) is 1. The number of rotatable bonds is 6. The number of halogens is 2. The van der Waals surface area contributed by atoms with Gasteiger partial charge in [0.05, 0.1) is 6.61 Å². The molecule has 1 rings (SSSR count). The van der Waals surface area contributed by atoms with Gasteiger partial charge in [0.2, 0.25) is 0 Å². The zero-order valence-corrected chi connectivity index (χ0v) is 13.2. The number of ether oxygens (including phenoxy) is 1. The Morgan fingerprint density at radius 3 is 2.68 bits per heavy atom. The first-order valence-corrected chi connectivity index (χ1v) is 6.98. The number of thiazole rings is 1. The molecule has 1 unspecified atom stereocenters. The van der Waals surface area contributed by atoms with E-state index in [4.69, 9.17) is 22.1 Å². The molecule has 1 aromatic heterocycles. The summed E-state index contributed by atoms with van der Waals surface area (Å²) in [5.74, 6) is -0.467. The molecule has 0 spiro atoms. The molecule has 2 N–H and O–H groups in total. The van der Waals surface area contributed by atoms with Gasteiger partial charge in [-0.25, -0.2) is 0 Å². The molecule has 8 heteroatoms. The third kappa shape index (κ3) is 5.14. The topological polar surface area (TPSA) is 74.3 Å². The van der Waals surface area contributed by atoms with E-state index in [1.807, 2.05) is 6.92 Å². The van der Waals surface area contributed by atoms with Gasteiger partial charge in [0.25, 0.3) is 0 Å². The van der Waals surface area contributed by atoms with E-state index in [1.54, 1.807) is 6.92 Å². The lowest BCUT2D eigenvalue weighted by Crippen LogP contribution is -2.22. The van der Waals surface area contributed by atoms with Crippen LogP contribution in [0.4, 0.5) is 0 Å². The fourth-order valence-corrected chi connectivity index (χ4v) is 2.76. The maximum atomic E-state index is 11.7. The third-order valence-corrected chi connectivity index (χ3v) is 4.01. The average Bonchev–Trinajstić information content (AvgIpc) is 2.57. The Balaban J connectivity index is 0.00000324. The van der Waals surface area contributed by atoms with Crippen LogP contribution in [0.2, 0.25) is 5.15 Å². The molecular weight excluding hydrogens is 311 g/mol. The summed E-state index contributed by atoms with van der Waals surface area (Å²) in [6, 6.07) is -0.0309. The Kier molecular flexibility index (Phi) is 8.33. The van der Waals surface area contributed by atoms with Gasteiger partial charge >= 0.3 is 10.8 Å². The second-order valence-electron chi connectivity index (χ2n) is 3.85. The van der Waals surface area contributed by atoms with Crippen molar-refractivity contribution in [1.29, 1.82) is 0 Å². The molecular formula is C11H18Cl2N2O3S. The zero-order chi connectivity index (χ0) is 13.7. The summed E-state index contributed by atoms with van der Waals surface area (Å²) in [4.78, 5) is 23.5. The molecule has 0 aliphatic rings. The summed E-state index contributed by atoms with van der Waals surface area (Å²) in [7, 11) is 0. The Labute approximate surface area is 127 Å². The fourth-order valence-electron chi connectivity index (χ4n) is 1.41. The van der Waals surface area contributed by atoms with Crippen LogP contribution < -0.4 is 10.6 Å². The molecule has 0 amide bonds. The molecule has 0 aliphatic heterocycles. The molecule has 0 aromatic carbocycles. The van der Waals surface area contributed by atoms with Crippen LogP contribution in [0.5, 0.6) is 0 Å². The Hall–Kier alpha value is -0.560. The van der Waals surface area contributed by atoms with Crippen molar-refractivity contribution in [3.05, 3.63) is 19.7 Å². The first-order chi connectivity index (χ1) is 8.49. The third-order valence-electron chi connectivity index (χ3n) is 2.46. The summed E-state index contributed by atoms with van der Waals surface area (Å²) in [6.45, 7) is 3.81. The molecule has 1 atom stereocenters. The summed E-state index contributed by atoms with van der Waals surface area (Å²) >= 11 is 7.12. The van der Waals surface area contributed by atoms with Crippen LogP contribution >= 0.6 is 35.3 Å². The number of nitrogens with two attached hydrogens (primary N) is 1. The smallest absolute Gasteiger partial charge is 0.326 e. The van der Waals surface area contributed by atoms with Gasteiger partial charge in [-0.05, 0) is 13.3 Å². The minimum Gasteiger partial charge on any atom is -0.465 e. The molecule has 0 fully saturated rings. The SMILES string of the molecule is CCOC(=O)Cn1c(Cl)c(CC(N)CC)sc1=O.Cl. The van der Waals surface area contributed by atoms with Crippen molar-refractivity contribution in [3.63, 3.8) is 0 Å². The maximum absolute atomic E-state index is 11.7. The normalized spacial score (nSPS) is 11.8. The van der Waals surface area contributed by atoms with Crippen molar-refractivity contribution in [3.8, 4) is 0 Å². The lowest BCUT2D eigenvalue weighted by atomic mass is 10.1. The number of nitrogens with zero attached hydrogens (tertiary/aromatic N) is 1. The van der Waals surface area contributed by atoms with Crippen LogP contribution in [-0.4, -0.2) is 23.2 Å². The molecule has 0 radical (unpaired) electrons. The van der Waals surface area contributed by atoms with Crippen molar-refractivity contribution in [2.75, 3.05) is 6.61 Å². The van der Waals surface area contributed by atoms with Crippen LogP contribution in [0.15, 0.2) is 4.79 Å². The maximum Gasteiger partial charge on any atom is 0.326 e. The Morgan fingerprint density at radius 1 is 1.53 bits per heavy atom. The van der Waals surface area contributed by atoms with E-state index in [1.165, 1.54) is 4.57 Å². The van der Waals surface area contributed by atoms with Gasteiger partial charge in [0.15, 0.2) is 0 Å². The Bertz CT molecular complexity index is 473. The molecule has 0 bridgehead atoms. The molecule has 1 aromatic rings. The highest BCUT2D eigenvalue weighted by atomic mass is 35.5. The van der Waals surface area contributed by atoms with Crippen LogP contribution in [0.3, 0.4) is 0 Å². The summed E-state index contributed by atoms with van der Waals surface area (Å²) in [5, 5.41) is 0.293. The predicted octanol–water partition coefficient (Wildman–Crippen LogP) is 1.83. The molecule has 5 nitrogen and oxygen atoms in total. The van der Waals surface area contributed by atoms with Crippen LogP contribution in [0.25, 0.3) is 0 Å². The second-order valence-corrected chi connectivity index (χ2v) is 5.25. The molecule has 0 saturated heterocycles. The van der Waals surface area contributed by atoms with Gasteiger partial charge < -0.3 is 10.5 Å². The highest BCUT2D eigenvalue weighted by Crippen LogP contribution is 2.20. The number of esters is 1. The van der Waals surface area contributed by atoms with Gasteiger partial charge in [-0.1, -0.05) is 29.9 Å². The van der Waals surface area contributed by atoms with Gasteiger partial charge in [-0.15, -0.1) is 12.4 Å². The van der Waals surface area contributed by atoms with Gasteiger partial charge in [0, 0.05) is 17.3 Å². The first-order valence-electron chi connectivity index (χ1n) is 5.78. The minimum absolute atomic E-state index is 0. The molecule has 0 aliphatic carbocycles. The monoisotopic (exact) mass is 328 g/mol. The average molecular weight is 329 g/mol. The van der Waals surface area contributed by atoms with Gasteiger partial charge in [-0.2, -0.15) is 0 Å². The summed E-state index contributed by atoms with van der Waals surface area (Å²) in [6.07, 6.45) is 1.35. The standard InChI is InChI=1S/C11H17ClN2O3S.ClH/c1-3-7(13)5-8-10(12)14(11(16)18-8)6-9(15)17-4-2;/h7H,3-6,13H2,1-2H3;1H. The van der Waals surface area contributed by atoms with E-state index >= 15 is 0 Å². The molecule has 110 valence electrons. The molecule has 0 saturated carbocycles. The van der Waals surface area contributed by atoms with Crippen LogP contribution in [-0.2, 0) is 22.5 Å². The fraction of sp³-hybridized carbons (Fsp3) is 0.636. The van der Waals surface area contributed by atoms with Gasteiger partial charge in [-0.3, -0.25) is 14.2 Å². The van der Waals surface area contributed by atoms with E-state index < -0.39 is 5.97 Å². The van der Waals surface area contributed by atoms with Crippen molar-refractivity contribution < 1.29 is 9.53 Å². The zero-order valence-electron chi connectivity index (χ0n) is 10.8. The van der Waals surface area contributed by atoms with E-state index in [9.17, 15) is 9.59 Å². The predicted molar refractivity (Wildman–Crippen MR) is 79.4 cm³/mol. The van der Waals surface area contributed by atoms with Crippen molar-refractivity contribution in [1.82, 2.24) is 4.57 Å². The Morgan fingerprint density at radius 2 is 2.16 bits per heavy atom. The van der Waals surface area contributed by atoms with Crippen LogP contribution in [0.1, 0.15) is 25.1 Å². The van der Waals surface area contributed by atoms with Crippen molar-refractivity contribution >= 4 is 41.3 Å². The molecule has 19 heavy (non-hydrogen) atoms. The quantitative estimate of drug-likeness (QED) is 0.808. The van der Waals surface area contributed by atoms with Crippen molar-refractivity contribution in [2.24, 2.45) is 5.73 Å². The van der Waals surface area contributed by atoms with Crippen LogP contribution in [0, 0.1) is 0 Å². The van der Waals surface area contributed by atoms with E-state index in [0.717, 1.165) is 22.6 Å². The lowest BCUT2D eigenvalue weighted by Gasteiger charge is -2.07. The number of carbonyl (C=O) groups excluding carboxylic acids is 1. The van der Waals surface area contributed by atoms with E-state index in [-0.39, 0.29) is 36.5 Å². The number of carbonyl (C=O) groups is 1. The van der Waals surface area contributed by atoms with E-state index in [2.05, 4.69) is 0 Å². The van der Waals surface area contributed by atoms with Gasteiger partial charge in [0.1, 0.15) is 11.7 Å².